The predicted molar refractivity (Wildman–Crippen MR) is 108 cm³/mol. The van der Waals surface area contributed by atoms with E-state index in [1.165, 1.54) is 23.9 Å². The second kappa shape index (κ2) is 8.05. The molecule has 0 amide bonds. The highest BCUT2D eigenvalue weighted by Gasteiger charge is 2.09. The second-order valence-electron chi connectivity index (χ2n) is 5.82. The quantitative estimate of drug-likeness (QED) is 0.425. The van der Waals surface area contributed by atoms with E-state index >= 15 is 0 Å². The maximum absolute atomic E-state index is 13.1. The average molecular weight is 393 g/mol. The number of halogens is 1. The first-order valence-electron chi connectivity index (χ1n) is 8.42. The number of aromatic amines is 1. The third-order valence-electron chi connectivity index (χ3n) is 3.77. The lowest BCUT2D eigenvalue weighted by molar-refractivity contribution is 0.628. The fourth-order valence-electron chi connectivity index (χ4n) is 2.49. The number of anilines is 3. The van der Waals surface area contributed by atoms with Crippen molar-refractivity contribution in [2.45, 2.75) is 10.9 Å². The smallest absolute Gasteiger partial charge is 0.232 e. The zero-order valence-electron chi connectivity index (χ0n) is 14.6. The summed E-state index contributed by atoms with van der Waals surface area (Å²) in [5.74, 6) is 1.27. The molecule has 0 bridgehead atoms. The second-order valence-corrected chi connectivity index (χ2v) is 6.79. The zero-order chi connectivity index (χ0) is 19.3. The molecule has 140 valence electrons. The van der Waals surface area contributed by atoms with Crippen molar-refractivity contribution < 1.29 is 4.39 Å². The standard InChI is InChI=1S/C19H16FN7S/c20-13-8-6-12(7-9-13)15-10-22-19(24-15)28-11-16-25-17(21)27-18(26-16)23-14-4-2-1-3-5-14/h1-10H,11H2,(H,22,24)(H3,21,23,25,26,27). The van der Waals surface area contributed by atoms with Crippen molar-refractivity contribution in [3.8, 4) is 11.3 Å². The van der Waals surface area contributed by atoms with Crippen LogP contribution in [0.4, 0.5) is 22.0 Å². The molecule has 0 fully saturated rings. The number of nitrogens with one attached hydrogen (secondary N) is 2. The van der Waals surface area contributed by atoms with Gasteiger partial charge in [-0.3, -0.25) is 0 Å². The number of hydrogen-bond acceptors (Lipinski definition) is 7. The molecule has 0 atom stereocenters. The molecule has 0 aliphatic carbocycles. The highest BCUT2D eigenvalue weighted by molar-refractivity contribution is 7.98. The van der Waals surface area contributed by atoms with Crippen molar-refractivity contribution in [3.05, 3.63) is 72.4 Å². The van der Waals surface area contributed by atoms with Gasteiger partial charge in [-0.1, -0.05) is 30.0 Å². The largest absolute Gasteiger partial charge is 0.368 e. The Hall–Kier alpha value is -3.46. The van der Waals surface area contributed by atoms with Crippen LogP contribution in [0.25, 0.3) is 11.3 Å². The summed E-state index contributed by atoms with van der Waals surface area (Å²) < 4.78 is 13.1. The first-order valence-corrected chi connectivity index (χ1v) is 9.40. The van der Waals surface area contributed by atoms with E-state index in [0.29, 0.717) is 22.7 Å². The van der Waals surface area contributed by atoms with Gasteiger partial charge < -0.3 is 16.0 Å². The number of nitrogens with zero attached hydrogens (tertiary/aromatic N) is 4. The van der Waals surface area contributed by atoms with Crippen LogP contribution in [0.15, 0.2) is 66.0 Å². The van der Waals surface area contributed by atoms with Gasteiger partial charge in [-0.05, 0) is 42.0 Å². The molecular formula is C19H16FN7S. The van der Waals surface area contributed by atoms with Gasteiger partial charge in [0.15, 0.2) is 5.16 Å². The number of nitrogens with two attached hydrogens (primary N) is 1. The van der Waals surface area contributed by atoms with Crippen LogP contribution in [-0.2, 0) is 5.75 Å². The molecule has 0 radical (unpaired) electrons. The van der Waals surface area contributed by atoms with Gasteiger partial charge in [0.25, 0.3) is 0 Å². The normalized spacial score (nSPS) is 10.8. The lowest BCUT2D eigenvalue weighted by Crippen LogP contribution is -2.06. The van der Waals surface area contributed by atoms with Crippen LogP contribution >= 0.6 is 11.8 Å². The number of aromatic nitrogens is 5. The molecule has 9 heteroatoms. The summed E-state index contributed by atoms with van der Waals surface area (Å²) in [5, 5.41) is 3.81. The highest BCUT2D eigenvalue weighted by atomic mass is 32.2. The van der Waals surface area contributed by atoms with Crippen LogP contribution in [0.1, 0.15) is 5.82 Å². The van der Waals surface area contributed by atoms with E-state index < -0.39 is 0 Å². The highest BCUT2D eigenvalue weighted by Crippen LogP contribution is 2.24. The minimum atomic E-state index is -0.273. The topological polar surface area (TPSA) is 105 Å². The van der Waals surface area contributed by atoms with Gasteiger partial charge in [-0.25, -0.2) is 9.37 Å². The Kier molecular flexibility index (Phi) is 5.16. The third-order valence-corrected chi connectivity index (χ3v) is 4.66. The van der Waals surface area contributed by atoms with Gasteiger partial charge in [0.1, 0.15) is 11.6 Å². The first-order chi connectivity index (χ1) is 13.7. The van der Waals surface area contributed by atoms with E-state index in [4.69, 9.17) is 5.73 Å². The van der Waals surface area contributed by atoms with Crippen molar-refractivity contribution in [1.82, 2.24) is 24.9 Å². The number of benzene rings is 2. The van der Waals surface area contributed by atoms with Crippen molar-refractivity contribution >= 4 is 29.3 Å². The molecule has 0 saturated carbocycles. The molecule has 4 N–H and O–H groups in total. The molecule has 0 unspecified atom stereocenters. The molecule has 4 rings (SSSR count). The Morgan fingerprint density at radius 3 is 2.57 bits per heavy atom. The van der Waals surface area contributed by atoms with E-state index in [2.05, 4.69) is 30.2 Å². The van der Waals surface area contributed by atoms with Gasteiger partial charge in [-0.2, -0.15) is 15.0 Å². The van der Waals surface area contributed by atoms with E-state index in [-0.39, 0.29) is 11.8 Å². The number of rotatable bonds is 6. The molecule has 7 nitrogen and oxygen atoms in total. The van der Waals surface area contributed by atoms with Gasteiger partial charge in [0.05, 0.1) is 17.6 Å². The Bertz CT molecular complexity index is 1070. The maximum atomic E-state index is 13.1. The molecule has 0 spiro atoms. The van der Waals surface area contributed by atoms with Gasteiger partial charge in [-0.15, -0.1) is 0 Å². The molecule has 4 aromatic rings. The zero-order valence-corrected chi connectivity index (χ0v) is 15.4. The maximum Gasteiger partial charge on any atom is 0.232 e. The fraction of sp³-hybridized carbons (Fsp3) is 0.0526. The number of imidazole rings is 1. The monoisotopic (exact) mass is 393 g/mol. The first kappa shape index (κ1) is 17.9. The van der Waals surface area contributed by atoms with Crippen molar-refractivity contribution in [1.29, 1.82) is 0 Å². The third kappa shape index (κ3) is 4.44. The Morgan fingerprint density at radius 1 is 1.00 bits per heavy atom. The number of nitrogen functional groups attached to an aromatic ring is 1. The molecule has 2 aromatic heterocycles. The van der Waals surface area contributed by atoms with Crippen molar-refractivity contribution in [3.63, 3.8) is 0 Å². The van der Waals surface area contributed by atoms with Crippen LogP contribution in [0.5, 0.6) is 0 Å². The number of para-hydroxylation sites is 1. The minimum absolute atomic E-state index is 0.149. The minimum Gasteiger partial charge on any atom is -0.368 e. The van der Waals surface area contributed by atoms with Gasteiger partial charge >= 0.3 is 0 Å². The Labute approximate surface area is 164 Å². The Balaban J connectivity index is 1.44. The van der Waals surface area contributed by atoms with Crippen LogP contribution in [0.3, 0.4) is 0 Å². The van der Waals surface area contributed by atoms with Crippen LogP contribution in [-0.4, -0.2) is 24.9 Å². The number of hydrogen-bond donors (Lipinski definition) is 3. The van der Waals surface area contributed by atoms with E-state index in [0.717, 1.165) is 16.9 Å². The summed E-state index contributed by atoms with van der Waals surface area (Å²) >= 11 is 1.44. The van der Waals surface area contributed by atoms with E-state index in [1.54, 1.807) is 18.3 Å². The van der Waals surface area contributed by atoms with Gasteiger partial charge in [0, 0.05) is 5.69 Å². The summed E-state index contributed by atoms with van der Waals surface area (Å²) in [7, 11) is 0. The summed E-state index contributed by atoms with van der Waals surface area (Å²) in [5.41, 5.74) is 8.34. The van der Waals surface area contributed by atoms with Crippen LogP contribution < -0.4 is 11.1 Å². The van der Waals surface area contributed by atoms with Crippen molar-refractivity contribution in [2.75, 3.05) is 11.1 Å². The number of H-pyrrole nitrogens is 1. The molecule has 2 aromatic carbocycles. The van der Waals surface area contributed by atoms with Crippen LogP contribution in [0.2, 0.25) is 0 Å². The summed E-state index contributed by atoms with van der Waals surface area (Å²) in [6.45, 7) is 0. The molecule has 2 heterocycles. The van der Waals surface area contributed by atoms with E-state index in [1.807, 2.05) is 30.3 Å². The summed E-state index contributed by atoms with van der Waals surface area (Å²) in [6.07, 6.45) is 1.71. The lowest BCUT2D eigenvalue weighted by atomic mass is 10.2. The van der Waals surface area contributed by atoms with Crippen LogP contribution in [0, 0.1) is 5.82 Å². The van der Waals surface area contributed by atoms with Crippen molar-refractivity contribution in [2.24, 2.45) is 0 Å². The summed E-state index contributed by atoms with van der Waals surface area (Å²) in [6, 6.07) is 15.8. The summed E-state index contributed by atoms with van der Waals surface area (Å²) in [4.78, 5) is 20.2. The molecule has 0 saturated heterocycles. The van der Waals surface area contributed by atoms with Gasteiger partial charge in [0.2, 0.25) is 11.9 Å². The average Bonchev–Trinajstić information content (AvgIpc) is 3.16. The van der Waals surface area contributed by atoms with E-state index in [9.17, 15) is 4.39 Å². The molecule has 28 heavy (non-hydrogen) atoms. The lowest BCUT2D eigenvalue weighted by Gasteiger charge is -2.06. The molecule has 0 aliphatic rings. The Morgan fingerprint density at radius 2 is 1.79 bits per heavy atom. The number of thioether (sulfide) groups is 1. The fourth-order valence-corrected chi connectivity index (χ4v) is 3.20. The predicted octanol–water partition coefficient (Wildman–Crippen LogP) is 4.02. The SMILES string of the molecule is Nc1nc(CSc2ncc(-c3ccc(F)cc3)[nH]2)nc(Nc2ccccc2)n1. The molecule has 0 aliphatic heterocycles. The molecular weight excluding hydrogens is 377 g/mol.